The topological polar surface area (TPSA) is 35.5 Å². The van der Waals surface area contributed by atoms with Gasteiger partial charge in [0.1, 0.15) is 12.4 Å². The molecule has 21 heavy (non-hydrogen) atoms. The summed E-state index contributed by atoms with van der Waals surface area (Å²) in [5.41, 5.74) is 2.66. The fourth-order valence-electron chi connectivity index (χ4n) is 2.16. The van der Waals surface area contributed by atoms with Gasteiger partial charge in [-0.25, -0.2) is 4.79 Å². The second-order valence-electron chi connectivity index (χ2n) is 5.17. The summed E-state index contributed by atoms with van der Waals surface area (Å²) in [6.07, 6.45) is 0. The van der Waals surface area contributed by atoms with Gasteiger partial charge in [0.25, 0.3) is 0 Å². The lowest BCUT2D eigenvalue weighted by atomic mass is 10.0. The maximum absolute atomic E-state index is 11.5. The Bertz CT molecular complexity index is 617. The molecule has 0 saturated carbocycles. The molecule has 0 aliphatic carbocycles. The van der Waals surface area contributed by atoms with Crippen molar-refractivity contribution < 1.29 is 14.3 Å². The van der Waals surface area contributed by atoms with Gasteiger partial charge >= 0.3 is 5.97 Å². The van der Waals surface area contributed by atoms with Crippen LogP contribution in [0.1, 0.15) is 41.3 Å². The average Bonchev–Trinajstić information content (AvgIpc) is 2.52. The summed E-state index contributed by atoms with van der Waals surface area (Å²) >= 11 is 0. The van der Waals surface area contributed by atoms with Crippen molar-refractivity contribution in [2.24, 2.45) is 0 Å². The van der Waals surface area contributed by atoms with Crippen LogP contribution in [0, 0.1) is 0 Å². The molecule has 0 aromatic heterocycles. The third-order valence-electron chi connectivity index (χ3n) is 3.28. The Morgan fingerprint density at radius 1 is 1.10 bits per heavy atom. The SMILES string of the molecule is COC(=O)c1cccc(COc2ccccc2C(C)C)c1. The first kappa shape index (κ1) is 15.1. The molecule has 110 valence electrons. The van der Waals surface area contributed by atoms with Crippen LogP contribution in [0.4, 0.5) is 0 Å². The van der Waals surface area contributed by atoms with Crippen LogP contribution in [-0.2, 0) is 11.3 Å². The minimum Gasteiger partial charge on any atom is -0.489 e. The quantitative estimate of drug-likeness (QED) is 0.773. The van der Waals surface area contributed by atoms with Crippen molar-refractivity contribution in [3.8, 4) is 5.75 Å². The number of methoxy groups -OCH3 is 1. The molecule has 0 saturated heterocycles. The van der Waals surface area contributed by atoms with E-state index in [9.17, 15) is 4.79 Å². The van der Waals surface area contributed by atoms with Crippen LogP contribution < -0.4 is 4.74 Å². The minimum absolute atomic E-state index is 0.334. The van der Waals surface area contributed by atoms with Gasteiger partial charge in [-0.1, -0.05) is 44.2 Å². The summed E-state index contributed by atoms with van der Waals surface area (Å²) in [6, 6.07) is 15.3. The second-order valence-corrected chi connectivity index (χ2v) is 5.17. The molecule has 0 N–H and O–H groups in total. The number of hydrogen-bond donors (Lipinski definition) is 0. The molecule has 0 aliphatic rings. The Labute approximate surface area is 125 Å². The fraction of sp³-hybridized carbons (Fsp3) is 0.278. The van der Waals surface area contributed by atoms with Crippen molar-refractivity contribution in [2.75, 3.05) is 7.11 Å². The average molecular weight is 284 g/mol. The lowest BCUT2D eigenvalue weighted by molar-refractivity contribution is 0.0600. The number of rotatable bonds is 5. The first-order valence-corrected chi connectivity index (χ1v) is 7.00. The van der Waals surface area contributed by atoms with E-state index in [1.54, 1.807) is 12.1 Å². The number of para-hydroxylation sites is 1. The van der Waals surface area contributed by atoms with E-state index in [4.69, 9.17) is 9.47 Å². The highest BCUT2D eigenvalue weighted by Gasteiger charge is 2.08. The van der Waals surface area contributed by atoms with Gasteiger partial charge in [0.15, 0.2) is 0 Å². The van der Waals surface area contributed by atoms with Crippen LogP contribution in [0.25, 0.3) is 0 Å². The van der Waals surface area contributed by atoms with Gasteiger partial charge in [-0.05, 0) is 35.2 Å². The van der Waals surface area contributed by atoms with Crippen molar-refractivity contribution >= 4 is 5.97 Å². The Kier molecular flexibility index (Phi) is 4.99. The van der Waals surface area contributed by atoms with Crippen LogP contribution in [0.15, 0.2) is 48.5 Å². The summed E-state index contributed by atoms with van der Waals surface area (Å²) in [5.74, 6) is 0.956. The van der Waals surface area contributed by atoms with Crippen molar-refractivity contribution in [3.05, 3.63) is 65.2 Å². The molecule has 0 amide bonds. The second kappa shape index (κ2) is 6.93. The van der Waals surface area contributed by atoms with Gasteiger partial charge in [-0.15, -0.1) is 0 Å². The molecule has 0 radical (unpaired) electrons. The maximum Gasteiger partial charge on any atom is 0.337 e. The van der Waals surface area contributed by atoms with Crippen molar-refractivity contribution in [1.29, 1.82) is 0 Å². The van der Waals surface area contributed by atoms with Gasteiger partial charge in [0.05, 0.1) is 12.7 Å². The van der Waals surface area contributed by atoms with Gasteiger partial charge in [0, 0.05) is 0 Å². The molecule has 0 spiro atoms. The minimum atomic E-state index is -0.334. The van der Waals surface area contributed by atoms with Crippen LogP contribution in [0.3, 0.4) is 0 Å². The van der Waals surface area contributed by atoms with E-state index in [1.165, 1.54) is 12.7 Å². The Hall–Kier alpha value is -2.29. The number of ether oxygens (including phenoxy) is 2. The summed E-state index contributed by atoms with van der Waals surface area (Å²) in [6.45, 7) is 4.70. The molecule has 0 fully saturated rings. The highest BCUT2D eigenvalue weighted by molar-refractivity contribution is 5.89. The van der Waals surface area contributed by atoms with Crippen molar-refractivity contribution in [1.82, 2.24) is 0 Å². The molecular weight excluding hydrogens is 264 g/mol. The highest BCUT2D eigenvalue weighted by atomic mass is 16.5. The van der Waals surface area contributed by atoms with Gasteiger partial charge < -0.3 is 9.47 Å². The molecule has 2 aromatic rings. The number of carbonyl (C=O) groups excluding carboxylic acids is 1. The summed E-state index contributed by atoms with van der Waals surface area (Å²) < 4.78 is 10.6. The van der Waals surface area contributed by atoms with Gasteiger partial charge in [0.2, 0.25) is 0 Å². The smallest absolute Gasteiger partial charge is 0.337 e. The predicted molar refractivity (Wildman–Crippen MR) is 82.6 cm³/mol. The van der Waals surface area contributed by atoms with E-state index in [0.29, 0.717) is 18.1 Å². The van der Waals surface area contributed by atoms with Gasteiger partial charge in [-0.2, -0.15) is 0 Å². The predicted octanol–water partition coefficient (Wildman–Crippen LogP) is 4.18. The van der Waals surface area contributed by atoms with E-state index >= 15 is 0 Å². The molecule has 3 heteroatoms. The molecule has 2 rings (SSSR count). The standard InChI is InChI=1S/C18H20O3/c1-13(2)16-9-4-5-10-17(16)21-12-14-7-6-8-15(11-14)18(19)20-3/h4-11,13H,12H2,1-3H3. The fourth-order valence-corrected chi connectivity index (χ4v) is 2.16. The van der Waals surface area contributed by atoms with E-state index in [0.717, 1.165) is 11.3 Å². The zero-order chi connectivity index (χ0) is 15.2. The van der Waals surface area contributed by atoms with Crippen LogP contribution in [-0.4, -0.2) is 13.1 Å². The largest absolute Gasteiger partial charge is 0.489 e. The molecule has 0 unspecified atom stereocenters. The van der Waals surface area contributed by atoms with Crippen molar-refractivity contribution in [3.63, 3.8) is 0 Å². The number of benzene rings is 2. The van der Waals surface area contributed by atoms with Crippen molar-refractivity contribution in [2.45, 2.75) is 26.4 Å². The van der Waals surface area contributed by atoms with Crippen LogP contribution in [0.5, 0.6) is 5.75 Å². The normalized spacial score (nSPS) is 10.5. The van der Waals surface area contributed by atoms with E-state index < -0.39 is 0 Å². The Morgan fingerprint density at radius 3 is 2.57 bits per heavy atom. The molecule has 3 nitrogen and oxygen atoms in total. The molecule has 2 aromatic carbocycles. The van der Waals surface area contributed by atoms with Crippen LogP contribution in [0.2, 0.25) is 0 Å². The summed E-state index contributed by atoms with van der Waals surface area (Å²) in [5, 5.41) is 0. The zero-order valence-electron chi connectivity index (χ0n) is 12.6. The Balaban J connectivity index is 2.12. The molecule has 0 atom stereocenters. The summed E-state index contributed by atoms with van der Waals surface area (Å²) in [4.78, 5) is 11.5. The first-order valence-electron chi connectivity index (χ1n) is 7.00. The lowest BCUT2D eigenvalue weighted by Gasteiger charge is -2.14. The van der Waals surface area contributed by atoms with E-state index in [1.807, 2.05) is 30.3 Å². The number of carbonyl (C=O) groups is 1. The third-order valence-corrected chi connectivity index (χ3v) is 3.28. The summed E-state index contributed by atoms with van der Waals surface area (Å²) in [7, 11) is 1.38. The van der Waals surface area contributed by atoms with Gasteiger partial charge in [-0.3, -0.25) is 0 Å². The van der Waals surface area contributed by atoms with E-state index in [-0.39, 0.29) is 5.97 Å². The molecular formula is C18H20O3. The first-order chi connectivity index (χ1) is 10.1. The lowest BCUT2D eigenvalue weighted by Crippen LogP contribution is -2.04. The third kappa shape index (κ3) is 3.85. The highest BCUT2D eigenvalue weighted by Crippen LogP contribution is 2.26. The number of hydrogen-bond acceptors (Lipinski definition) is 3. The monoisotopic (exact) mass is 284 g/mol. The maximum atomic E-state index is 11.5. The Morgan fingerprint density at radius 2 is 1.86 bits per heavy atom. The van der Waals surface area contributed by atoms with Crippen LogP contribution >= 0.6 is 0 Å². The van der Waals surface area contributed by atoms with E-state index in [2.05, 4.69) is 19.9 Å². The molecule has 0 bridgehead atoms. The molecule has 0 aliphatic heterocycles. The number of esters is 1. The molecule has 0 heterocycles. The zero-order valence-corrected chi connectivity index (χ0v) is 12.6.